The maximum atomic E-state index is 11.4. The van der Waals surface area contributed by atoms with Crippen molar-refractivity contribution in [2.45, 2.75) is 46.1 Å². The molecule has 16 heavy (non-hydrogen) atoms. The number of hydrogen-bond donors (Lipinski definition) is 1. The maximum absolute atomic E-state index is 11.4. The zero-order chi connectivity index (χ0) is 12.1. The second-order valence-electron chi connectivity index (χ2n) is 5.12. The summed E-state index contributed by atoms with van der Waals surface area (Å²) < 4.78 is 5.50. The number of rotatable bonds is 3. The summed E-state index contributed by atoms with van der Waals surface area (Å²) in [6.45, 7) is 6.64. The molecule has 0 saturated heterocycles. The highest BCUT2D eigenvalue weighted by Gasteiger charge is 2.32. The van der Waals surface area contributed by atoms with Crippen LogP contribution in [-0.4, -0.2) is 12.1 Å². The van der Waals surface area contributed by atoms with Crippen LogP contribution in [0.25, 0.3) is 0 Å². The molecule has 92 valence electrons. The molecule has 1 aliphatic carbocycles. The zero-order valence-electron chi connectivity index (χ0n) is 10.3. The molecule has 0 radical (unpaired) electrons. The Kier molecular flexibility index (Phi) is 5.39. The Labute approximate surface area is 104 Å². The molecule has 1 unspecified atom stereocenters. The van der Waals surface area contributed by atoms with Gasteiger partial charge < -0.3 is 4.74 Å². The Hall–Kier alpha value is -0.440. The Morgan fingerprint density at radius 2 is 2.12 bits per heavy atom. The molecule has 1 saturated carbocycles. The van der Waals surface area contributed by atoms with Crippen LogP contribution in [0, 0.1) is 17.8 Å². The number of carbonyl (C=O) groups excluding carboxylic acids is 1. The highest BCUT2D eigenvalue weighted by Crippen LogP contribution is 2.35. The fourth-order valence-corrected chi connectivity index (χ4v) is 2.62. The fourth-order valence-electron chi connectivity index (χ4n) is 2.50. The van der Waals surface area contributed by atoms with Crippen molar-refractivity contribution in [1.29, 1.82) is 0 Å². The van der Waals surface area contributed by atoms with Crippen LogP contribution in [0.15, 0.2) is 11.5 Å². The van der Waals surface area contributed by atoms with E-state index in [9.17, 15) is 4.79 Å². The van der Waals surface area contributed by atoms with E-state index in [-0.39, 0.29) is 12.1 Å². The third-order valence-electron chi connectivity index (χ3n) is 3.44. The van der Waals surface area contributed by atoms with E-state index >= 15 is 0 Å². The Morgan fingerprint density at radius 3 is 2.69 bits per heavy atom. The normalized spacial score (nSPS) is 30.9. The van der Waals surface area contributed by atoms with Crippen LogP contribution in [0.4, 0.5) is 0 Å². The second kappa shape index (κ2) is 6.33. The van der Waals surface area contributed by atoms with Crippen molar-refractivity contribution in [2.75, 3.05) is 0 Å². The molecule has 0 spiro atoms. The average Bonchev–Trinajstić information content (AvgIpc) is 2.17. The molecule has 0 aromatic heterocycles. The van der Waals surface area contributed by atoms with Crippen LogP contribution in [0.5, 0.6) is 0 Å². The van der Waals surface area contributed by atoms with Crippen LogP contribution in [0.2, 0.25) is 0 Å². The molecule has 0 heterocycles. The zero-order valence-corrected chi connectivity index (χ0v) is 11.2. The summed E-state index contributed by atoms with van der Waals surface area (Å²) in [6.07, 6.45) is 4.87. The van der Waals surface area contributed by atoms with Gasteiger partial charge in [-0.1, -0.05) is 27.2 Å². The minimum absolute atomic E-state index is 0.0841. The Morgan fingerprint density at radius 1 is 1.44 bits per heavy atom. The molecule has 1 fully saturated rings. The van der Waals surface area contributed by atoms with Crippen molar-refractivity contribution in [3.8, 4) is 0 Å². The van der Waals surface area contributed by atoms with Crippen LogP contribution in [0.1, 0.15) is 40.0 Å². The minimum atomic E-state index is -0.264. The highest BCUT2D eigenvalue weighted by molar-refractivity contribution is 7.83. The van der Waals surface area contributed by atoms with Gasteiger partial charge >= 0.3 is 5.97 Å². The van der Waals surface area contributed by atoms with Crippen molar-refractivity contribution in [3.63, 3.8) is 0 Å². The van der Waals surface area contributed by atoms with Gasteiger partial charge in [0.25, 0.3) is 0 Å². The van der Waals surface area contributed by atoms with Gasteiger partial charge in [-0.15, -0.1) is 0 Å². The van der Waals surface area contributed by atoms with E-state index in [1.807, 2.05) is 0 Å². The summed E-state index contributed by atoms with van der Waals surface area (Å²) in [6, 6.07) is 0. The lowest BCUT2D eigenvalue weighted by molar-refractivity contribution is -0.149. The van der Waals surface area contributed by atoms with Gasteiger partial charge in [0.05, 0.1) is 0 Å². The summed E-state index contributed by atoms with van der Waals surface area (Å²) in [5.74, 6) is 1.48. The van der Waals surface area contributed by atoms with Gasteiger partial charge in [-0.05, 0) is 36.0 Å². The van der Waals surface area contributed by atoms with Crippen molar-refractivity contribution in [1.82, 2.24) is 0 Å². The quantitative estimate of drug-likeness (QED) is 0.466. The van der Waals surface area contributed by atoms with Gasteiger partial charge in [0.15, 0.2) is 0 Å². The molecule has 0 aliphatic heterocycles. The van der Waals surface area contributed by atoms with Gasteiger partial charge in [0.1, 0.15) is 6.10 Å². The summed E-state index contributed by atoms with van der Waals surface area (Å²) in [4.78, 5) is 11.4. The van der Waals surface area contributed by atoms with E-state index in [2.05, 4.69) is 33.4 Å². The van der Waals surface area contributed by atoms with Crippen molar-refractivity contribution >= 4 is 18.6 Å². The Bertz CT molecular complexity index is 261. The first kappa shape index (κ1) is 13.6. The van der Waals surface area contributed by atoms with E-state index in [4.69, 9.17) is 4.74 Å². The summed E-state index contributed by atoms with van der Waals surface area (Å²) in [5.41, 5.74) is 0. The van der Waals surface area contributed by atoms with E-state index in [0.29, 0.717) is 17.8 Å². The number of ether oxygens (including phenoxy) is 1. The molecule has 0 aromatic carbocycles. The molecule has 0 bridgehead atoms. The van der Waals surface area contributed by atoms with Crippen molar-refractivity contribution in [2.24, 2.45) is 17.8 Å². The van der Waals surface area contributed by atoms with Crippen molar-refractivity contribution < 1.29 is 9.53 Å². The smallest absolute Gasteiger partial charge is 0.331 e. The first-order valence-electron chi connectivity index (χ1n) is 6.06. The number of thiol groups is 1. The molecule has 0 N–H and O–H groups in total. The van der Waals surface area contributed by atoms with Gasteiger partial charge in [-0.2, -0.15) is 12.6 Å². The molecular formula is C13H22O2S. The third-order valence-corrected chi connectivity index (χ3v) is 3.59. The maximum Gasteiger partial charge on any atom is 0.331 e. The number of hydrogen-bond acceptors (Lipinski definition) is 3. The summed E-state index contributed by atoms with van der Waals surface area (Å²) >= 11 is 3.88. The molecule has 0 aromatic rings. The predicted octanol–water partition coefficient (Wildman–Crippen LogP) is 3.43. The summed E-state index contributed by atoms with van der Waals surface area (Å²) in [5, 5.41) is 1.43. The standard InChI is InChI=1S/C13H22O2S/c1-9(2)11-5-4-10(3)8-12(11)15-13(14)6-7-16/h6-7,9-12,16H,4-5,8H2,1-3H3/t10-,11-,12?/m0/s1. The molecule has 2 nitrogen and oxygen atoms in total. The predicted molar refractivity (Wildman–Crippen MR) is 69.3 cm³/mol. The van der Waals surface area contributed by atoms with E-state index in [0.717, 1.165) is 6.42 Å². The van der Waals surface area contributed by atoms with Crippen LogP contribution in [-0.2, 0) is 9.53 Å². The summed E-state index contributed by atoms with van der Waals surface area (Å²) in [7, 11) is 0. The first-order chi connectivity index (χ1) is 7.54. The second-order valence-corrected chi connectivity index (χ2v) is 5.42. The van der Waals surface area contributed by atoms with Crippen LogP contribution in [0.3, 0.4) is 0 Å². The average molecular weight is 242 g/mol. The number of carbonyl (C=O) groups is 1. The van der Waals surface area contributed by atoms with Crippen molar-refractivity contribution in [3.05, 3.63) is 11.5 Å². The van der Waals surface area contributed by atoms with E-state index in [1.54, 1.807) is 0 Å². The molecule has 1 aliphatic rings. The third kappa shape index (κ3) is 3.85. The molecular weight excluding hydrogens is 220 g/mol. The lowest BCUT2D eigenvalue weighted by Crippen LogP contribution is -2.35. The van der Waals surface area contributed by atoms with Gasteiger partial charge in [0.2, 0.25) is 0 Å². The van der Waals surface area contributed by atoms with Gasteiger partial charge in [0, 0.05) is 6.08 Å². The Balaban J connectivity index is 2.60. The highest BCUT2D eigenvalue weighted by atomic mass is 32.1. The largest absolute Gasteiger partial charge is 0.459 e. The first-order valence-corrected chi connectivity index (χ1v) is 6.57. The lowest BCUT2D eigenvalue weighted by Gasteiger charge is -2.36. The lowest BCUT2D eigenvalue weighted by atomic mass is 9.75. The topological polar surface area (TPSA) is 26.3 Å². The van der Waals surface area contributed by atoms with Gasteiger partial charge in [-0.25, -0.2) is 4.79 Å². The van der Waals surface area contributed by atoms with Crippen LogP contribution >= 0.6 is 12.6 Å². The minimum Gasteiger partial charge on any atom is -0.459 e. The molecule has 3 atom stereocenters. The molecule has 1 rings (SSSR count). The van der Waals surface area contributed by atoms with E-state index in [1.165, 1.54) is 24.3 Å². The molecule has 0 amide bonds. The van der Waals surface area contributed by atoms with E-state index < -0.39 is 0 Å². The SMILES string of the molecule is CC(C)[C@@H]1CC[C@H](C)CC1OC(=O)C=CS. The van der Waals surface area contributed by atoms with Crippen LogP contribution < -0.4 is 0 Å². The van der Waals surface area contributed by atoms with Gasteiger partial charge in [-0.3, -0.25) is 0 Å². The number of esters is 1. The molecule has 3 heteroatoms. The monoisotopic (exact) mass is 242 g/mol. The fraction of sp³-hybridized carbons (Fsp3) is 0.769.